The van der Waals surface area contributed by atoms with Crippen LogP contribution in [0.5, 0.6) is 0 Å². The number of fused-ring (bicyclic) bond motifs is 1. The number of rotatable bonds is 2. The molecule has 3 heteroatoms. The number of hydrogen-bond donors (Lipinski definition) is 1. The molecule has 96 valence electrons. The van der Waals surface area contributed by atoms with E-state index < -0.39 is 0 Å². The second kappa shape index (κ2) is 4.97. The highest BCUT2D eigenvalue weighted by Crippen LogP contribution is 2.34. The van der Waals surface area contributed by atoms with Crippen LogP contribution < -0.4 is 5.73 Å². The Morgan fingerprint density at radius 2 is 1.79 bits per heavy atom. The fourth-order valence-electron chi connectivity index (χ4n) is 2.34. The minimum Gasteiger partial charge on any atom is -0.320 e. The molecule has 1 heterocycles. The lowest BCUT2D eigenvalue weighted by molar-refractivity contribution is 0.881. The molecule has 19 heavy (non-hydrogen) atoms. The fourth-order valence-corrected chi connectivity index (χ4v) is 3.54. The topological polar surface area (TPSA) is 26.0 Å². The van der Waals surface area contributed by atoms with Crippen LogP contribution >= 0.6 is 22.9 Å². The van der Waals surface area contributed by atoms with Gasteiger partial charge in [-0.25, -0.2) is 0 Å². The molecule has 0 saturated heterocycles. The van der Waals surface area contributed by atoms with Gasteiger partial charge < -0.3 is 5.73 Å². The first kappa shape index (κ1) is 12.7. The van der Waals surface area contributed by atoms with Crippen molar-refractivity contribution in [1.29, 1.82) is 0 Å². The van der Waals surface area contributed by atoms with Crippen LogP contribution in [0, 0.1) is 6.92 Å². The number of halogens is 1. The molecule has 3 rings (SSSR count). The fraction of sp³-hybridized carbons (Fsp3) is 0.125. The van der Waals surface area contributed by atoms with Gasteiger partial charge in [0.25, 0.3) is 0 Å². The van der Waals surface area contributed by atoms with Gasteiger partial charge in [-0.3, -0.25) is 0 Å². The normalized spacial score (nSPS) is 12.8. The van der Waals surface area contributed by atoms with Crippen molar-refractivity contribution >= 4 is 33.0 Å². The molecular formula is C16H14ClNS. The number of aryl methyl sites for hydroxylation is 1. The number of benzene rings is 2. The lowest BCUT2D eigenvalue weighted by Crippen LogP contribution is -2.12. The Morgan fingerprint density at radius 3 is 2.63 bits per heavy atom. The lowest BCUT2D eigenvalue weighted by Gasteiger charge is -2.16. The van der Waals surface area contributed by atoms with Crippen molar-refractivity contribution in [3.05, 3.63) is 69.6 Å². The highest BCUT2D eigenvalue weighted by Gasteiger charge is 2.16. The maximum absolute atomic E-state index is 6.43. The molecule has 0 bridgehead atoms. The first-order chi connectivity index (χ1) is 9.18. The maximum atomic E-state index is 6.43. The van der Waals surface area contributed by atoms with E-state index in [2.05, 4.69) is 23.6 Å². The van der Waals surface area contributed by atoms with E-state index in [9.17, 15) is 0 Å². The Hall–Kier alpha value is -1.35. The Bertz CT molecular complexity index is 732. The van der Waals surface area contributed by atoms with Crippen molar-refractivity contribution in [2.45, 2.75) is 13.0 Å². The van der Waals surface area contributed by atoms with Gasteiger partial charge in [-0.05, 0) is 40.4 Å². The number of nitrogens with two attached hydrogens (primary N) is 1. The highest BCUT2D eigenvalue weighted by molar-refractivity contribution is 7.17. The third-order valence-corrected chi connectivity index (χ3v) is 4.90. The largest absolute Gasteiger partial charge is 0.320 e. The van der Waals surface area contributed by atoms with Gasteiger partial charge in [0, 0.05) is 9.72 Å². The van der Waals surface area contributed by atoms with E-state index in [4.69, 9.17) is 17.3 Å². The predicted octanol–water partition coefficient (Wildman–Crippen LogP) is 4.91. The third-order valence-electron chi connectivity index (χ3n) is 3.40. The van der Waals surface area contributed by atoms with E-state index >= 15 is 0 Å². The summed E-state index contributed by atoms with van der Waals surface area (Å²) in [5, 5.41) is 4.10. The van der Waals surface area contributed by atoms with Crippen LogP contribution in [-0.2, 0) is 0 Å². The molecule has 0 aliphatic rings. The third kappa shape index (κ3) is 2.16. The zero-order valence-corrected chi connectivity index (χ0v) is 12.1. The molecule has 2 N–H and O–H groups in total. The predicted molar refractivity (Wildman–Crippen MR) is 84.0 cm³/mol. The molecule has 0 aliphatic heterocycles. The summed E-state index contributed by atoms with van der Waals surface area (Å²) in [7, 11) is 0. The van der Waals surface area contributed by atoms with E-state index in [0.29, 0.717) is 0 Å². The molecule has 0 aliphatic carbocycles. The minimum atomic E-state index is -0.185. The van der Waals surface area contributed by atoms with Crippen LogP contribution in [0.25, 0.3) is 10.1 Å². The zero-order valence-electron chi connectivity index (χ0n) is 10.6. The Balaban J connectivity index is 2.16. The van der Waals surface area contributed by atoms with Gasteiger partial charge >= 0.3 is 0 Å². The summed E-state index contributed by atoms with van der Waals surface area (Å²) in [5.74, 6) is 0. The van der Waals surface area contributed by atoms with Crippen molar-refractivity contribution in [3.63, 3.8) is 0 Å². The Labute approximate surface area is 121 Å². The lowest BCUT2D eigenvalue weighted by atomic mass is 9.97. The van der Waals surface area contributed by atoms with Crippen LogP contribution in [0.4, 0.5) is 0 Å². The van der Waals surface area contributed by atoms with Gasteiger partial charge in [-0.15, -0.1) is 11.3 Å². The van der Waals surface area contributed by atoms with Crippen molar-refractivity contribution in [3.8, 4) is 0 Å². The van der Waals surface area contributed by atoms with Crippen molar-refractivity contribution in [1.82, 2.24) is 0 Å². The molecule has 0 saturated carbocycles. The quantitative estimate of drug-likeness (QED) is 0.712. The molecule has 0 radical (unpaired) electrons. The van der Waals surface area contributed by atoms with E-state index in [1.54, 1.807) is 11.3 Å². The van der Waals surface area contributed by atoms with Crippen LogP contribution in [0.3, 0.4) is 0 Å². The summed E-state index contributed by atoms with van der Waals surface area (Å²) >= 11 is 8.11. The summed E-state index contributed by atoms with van der Waals surface area (Å²) in [4.78, 5) is 0. The van der Waals surface area contributed by atoms with Crippen molar-refractivity contribution in [2.24, 2.45) is 5.73 Å². The second-order valence-corrected chi connectivity index (χ2v) is 5.94. The standard InChI is InChI=1S/C16H14ClNS/c1-10-4-2-6-12(14(10)17)15(18)13-7-3-5-11-8-9-19-16(11)13/h2-9,15H,18H2,1H3. The highest BCUT2D eigenvalue weighted by atomic mass is 35.5. The average molecular weight is 288 g/mol. The van der Waals surface area contributed by atoms with Crippen LogP contribution in [0.15, 0.2) is 47.8 Å². The molecule has 1 aromatic heterocycles. The van der Waals surface area contributed by atoms with E-state index in [-0.39, 0.29) is 6.04 Å². The molecular weight excluding hydrogens is 274 g/mol. The summed E-state index contributed by atoms with van der Waals surface area (Å²) in [5.41, 5.74) is 9.62. The van der Waals surface area contributed by atoms with Crippen LogP contribution in [0.1, 0.15) is 22.7 Å². The number of thiophene rings is 1. The van der Waals surface area contributed by atoms with Gasteiger partial charge in [0.2, 0.25) is 0 Å². The molecule has 1 unspecified atom stereocenters. The SMILES string of the molecule is Cc1cccc(C(N)c2cccc3ccsc23)c1Cl. The van der Waals surface area contributed by atoms with Gasteiger partial charge in [0.15, 0.2) is 0 Å². The van der Waals surface area contributed by atoms with Gasteiger partial charge in [0.1, 0.15) is 0 Å². The minimum absolute atomic E-state index is 0.185. The summed E-state index contributed by atoms with van der Waals surface area (Å²) in [6.07, 6.45) is 0. The summed E-state index contributed by atoms with van der Waals surface area (Å²) in [6.45, 7) is 2.00. The van der Waals surface area contributed by atoms with Crippen molar-refractivity contribution < 1.29 is 0 Å². The van der Waals surface area contributed by atoms with Crippen molar-refractivity contribution in [2.75, 3.05) is 0 Å². The number of hydrogen-bond acceptors (Lipinski definition) is 2. The maximum Gasteiger partial charge on any atom is 0.0580 e. The smallest absolute Gasteiger partial charge is 0.0580 e. The molecule has 1 atom stereocenters. The Morgan fingerprint density at radius 1 is 1.05 bits per heavy atom. The first-order valence-corrected chi connectivity index (χ1v) is 7.41. The molecule has 0 amide bonds. The second-order valence-electron chi connectivity index (χ2n) is 4.64. The van der Waals surface area contributed by atoms with Crippen LogP contribution in [0.2, 0.25) is 5.02 Å². The van der Waals surface area contributed by atoms with Gasteiger partial charge in [-0.2, -0.15) is 0 Å². The molecule has 3 aromatic rings. The monoisotopic (exact) mass is 287 g/mol. The average Bonchev–Trinajstić information content (AvgIpc) is 2.89. The first-order valence-electron chi connectivity index (χ1n) is 6.15. The Kier molecular flexibility index (Phi) is 3.31. The molecule has 2 aromatic carbocycles. The van der Waals surface area contributed by atoms with Gasteiger partial charge in [0.05, 0.1) is 6.04 Å². The summed E-state index contributed by atoms with van der Waals surface area (Å²) in [6, 6.07) is 14.2. The molecule has 0 fully saturated rings. The van der Waals surface area contributed by atoms with E-state index in [0.717, 1.165) is 21.7 Å². The molecule has 0 spiro atoms. The molecule has 1 nitrogen and oxygen atoms in total. The van der Waals surface area contributed by atoms with E-state index in [1.165, 1.54) is 10.1 Å². The van der Waals surface area contributed by atoms with Gasteiger partial charge in [-0.1, -0.05) is 48.0 Å². The zero-order chi connectivity index (χ0) is 13.4. The van der Waals surface area contributed by atoms with Crippen LogP contribution in [-0.4, -0.2) is 0 Å². The summed E-state index contributed by atoms with van der Waals surface area (Å²) < 4.78 is 1.24. The van der Waals surface area contributed by atoms with E-state index in [1.807, 2.05) is 31.2 Å².